The molecule has 31 heavy (non-hydrogen) atoms. The Morgan fingerprint density at radius 3 is 2.19 bits per heavy atom. The van der Waals surface area contributed by atoms with Crippen LogP contribution < -0.4 is 11.2 Å². The molecule has 0 saturated carbocycles. The number of H-pyrrole nitrogens is 1. The molecule has 0 atom stereocenters. The molecule has 0 saturated heterocycles. The van der Waals surface area contributed by atoms with Crippen molar-refractivity contribution in [2.24, 2.45) is 0 Å². The molecule has 0 aliphatic carbocycles. The Kier molecular flexibility index (Phi) is 4.36. The Hall–Kier alpha value is -4.26. The van der Waals surface area contributed by atoms with Crippen LogP contribution in [-0.4, -0.2) is 19.7 Å². The molecule has 1 N–H and O–H groups in total. The largest absolute Gasteiger partial charge is 0.334 e. The van der Waals surface area contributed by atoms with E-state index in [9.17, 15) is 9.59 Å². The van der Waals surface area contributed by atoms with E-state index in [-0.39, 0.29) is 5.56 Å². The van der Waals surface area contributed by atoms with Crippen LogP contribution in [0.2, 0.25) is 0 Å². The van der Waals surface area contributed by atoms with Gasteiger partial charge in [-0.05, 0) is 44.2 Å². The van der Waals surface area contributed by atoms with E-state index in [2.05, 4.69) is 15.1 Å². The van der Waals surface area contributed by atoms with E-state index in [1.807, 2.05) is 50.2 Å². The minimum atomic E-state index is -0.510. The molecule has 0 unspecified atom stereocenters. The summed E-state index contributed by atoms with van der Waals surface area (Å²) in [6.45, 7) is 3.95. The van der Waals surface area contributed by atoms with Crippen molar-refractivity contribution in [2.75, 3.05) is 0 Å². The smallest absolute Gasteiger partial charge is 0.333 e. The number of aromatic amines is 1. The highest BCUT2D eigenvalue weighted by Gasteiger charge is 2.14. The molecule has 0 aliphatic rings. The van der Waals surface area contributed by atoms with Gasteiger partial charge < -0.3 is 9.51 Å². The summed E-state index contributed by atoms with van der Waals surface area (Å²) in [5.74, 6) is 0.777. The molecule has 5 rings (SSSR count). The van der Waals surface area contributed by atoms with Gasteiger partial charge in [0.2, 0.25) is 5.82 Å². The molecule has 0 radical (unpaired) electrons. The number of aryl methyl sites for hydroxylation is 2. The van der Waals surface area contributed by atoms with E-state index in [1.165, 1.54) is 0 Å². The fraction of sp³-hybridized carbons (Fsp3) is 0.0833. The Balaban J connectivity index is 1.58. The third-order valence-electron chi connectivity index (χ3n) is 5.17. The normalized spacial score (nSPS) is 11.2. The van der Waals surface area contributed by atoms with E-state index in [0.717, 1.165) is 21.3 Å². The van der Waals surface area contributed by atoms with Gasteiger partial charge in [0.25, 0.3) is 11.4 Å². The van der Waals surface area contributed by atoms with Crippen molar-refractivity contribution in [2.45, 2.75) is 13.8 Å². The minimum Gasteiger partial charge on any atom is -0.334 e. The summed E-state index contributed by atoms with van der Waals surface area (Å²) < 4.78 is 6.54. The molecule has 2 heterocycles. The van der Waals surface area contributed by atoms with Crippen molar-refractivity contribution in [3.8, 4) is 28.5 Å². The molecule has 0 fully saturated rings. The third-order valence-corrected chi connectivity index (χ3v) is 5.17. The van der Waals surface area contributed by atoms with Crippen molar-refractivity contribution in [1.29, 1.82) is 0 Å². The van der Waals surface area contributed by atoms with Gasteiger partial charge in [0, 0.05) is 11.1 Å². The predicted octanol–water partition coefficient (Wildman–Crippen LogP) is 4.01. The maximum atomic E-state index is 13.0. The first kappa shape index (κ1) is 18.7. The number of hydrogen-bond donors (Lipinski definition) is 1. The monoisotopic (exact) mass is 410 g/mol. The average molecular weight is 410 g/mol. The molecule has 152 valence electrons. The van der Waals surface area contributed by atoms with Crippen LogP contribution in [0, 0.1) is 13.8 Å². The number of hydrogen-bond acceptors (Lipinski definition) is 5. The van der Waals surface area contributed by atoms with Gasteiger partial charge in [0.05, 0.1) is 16.6 Å². The van der Waals surface area contributed by atoms with E-state index in [1.54, 1.807) is 30.3 Å². The van der Waals surface area contributed by atoms with Crippen LogP contribution >= 0.6 is 0 Å². The lowest BCUT2D eigenvalue weighted by Gasteiger charge is -2.07. The number of rotatable bonds is 3. The molecular formula is C24H18N4O3. The van der Waals surface area contributed by atoms with E-state index < -0.39 is 5.69 Å². The van der Waals surface area contributed by atoms with Crippen LogP contribution in [-0.2, 0) is 0 Å². The second-order valence-electron chi connectivity index (χ2n) is 7.46. The molecule has 7 heteroatoms. The lowest BCUT2D eigenvalue weighted by atomic mass is 10.1. The summed E-state index contributed by atoms with van der Waals surface area (Å²) in [7, 11) is 0. The quantitative estimate of drug-likeness (QED) is 0.485. The van der Waals surface area contributed by atoms with Crippen LogP contribution in [0.25, 0.3) is 39.4 Å². The SMILES string of the molecule is Cc1ccc(-c2noc(-c3ccc4c(=O)n(-c5ccc(C)cc5)c(=O)[nH]c4c3)n2)cc1. The van der Waals surface area contributed by atoms with E-state index in [0.29, 0.717) is 33.9 Å². The van der Waals surface area contributed by atoms with Gasteiger partial charge in [-0.3, -0.25) is 4.79 Å². The maximum Gasteiger partial charge on any atom is 0.333 e. The molecule has 2 aromatic heterocycles. The molecule has 3 aromatic carbocycles. The third kappa shape index (κ3) is 3.36. The fourth-order valence-corrected chi connectivity index (χ4v) is 3.44. The van der Waals surface area contributed by atoms with Crippen molar-refractivity contribution in [3.05, 3.63) is 98.7 Å². The Morgan fingerprint density at radius 1 is 0.839 bits per heavy atom. The number of aromatic nitrogens is 4. The topological polar surface area (TPSA) is 93.8 Å². The Morgan fingerprint density at radius 2 is 1.48 bits per heavy atom. The summed E-state index contributed by atoms with van der Waals surface area (Å²) in [5.41, 5.74) is 3.67. The number of nitrogens with one attached hydrogen (secondary N) is 1. The number of benzene rings is 3. The first-order valence-corrected chi connectivity index (χ1v) is 9.77. The van der Waals surface area contributed by atoms with Crippen LogP contribution in [0.4, 0.5) is 0 Å². The van der Waals surface area contributed by atoms with Gasteiger partial charge in [0.15, 0.2) is 0 Å². The highest BCUT2D eigenvalue weighted by atomic mass is 16.5. The summed E-state index contributed by atoms with van der Waals surface area (Å²) in [5, 5.41) is 4.44. The van der Waals surface area contributed by atoms with Gasteiger partial charge in [0.1, 0.15) is 0 Å². The van der Waals surface area contributed by atoms with E-state index in [4.69, 9.17) is 4.52 Å². The van der Waals surface area contributed by atoms with Crippen LogP contribution in [0.15, 0.2) is 80.8 Å². The maximum absolute atomic E-state index is 13.0. The standard InChI is InChI=1S/C24H18N4O3/c1-14-3-7-16(8-4-14)21-26-22(31-27-21)17-9-12-19-20(13-17)25-24(30)28(23(19)29)18-10-5-15(2)6-11-18/h3-13H,1-2H3,(H,25,30). The molecule has 0 aliphatic heterocycles. The van der Waals surface area contributed by atoms with Gasteiger partial charge >= 0.3 is 5.69 Å². The summed E-state index contributed by atoms with van der Waals surface area (Å²) in [6, 6.07) is 20.1. The Bertz CT molecular complexity index is 1520. The molecule has 0 spiro atoms. The van der Waals surface area contributed by atoms with Crippen molar-refractivity contribution in [1.82, 2.24) is 19.7 Å². The van der Waals surface area contributed by atoms with Crippen LogP contribution in [0.5, 0.6) is 0 Å². The first-order valence-electron chi connectivity index (χ1n) is 9.77. The zero-order valence-corrected chi connectivity index (χ0v) is 16.9. The van der Waals surface area contributed by atoms with Gasteiger partial charge in [-0.2, -0.15) is 4.98 Å². The predicted molar refractivity (Wildman–Crippen MR) is 118 cm³/mol. The second kappa shape index (κ2) is 7.21. The second-order valence-corrected chi connectivity index (χ2v) is 7.46. The molecular weight excluding hydrogens is 392 g/mol. The zero-order valence-electron chi connectivity index (χ0n) is 16.9. The summed E-state index contributed by atoms with van der Waals surface area (Å²) in [6.07, 6.45) is 0. The lowest BCUT2D eigenvalue weighted by molar-refractivity contribution is 0.432. The lowest BCUT2D eigenvalue weighted by Crippen LogP contribution is -2.33. The summed E-state index contributed by atoms with van der Waals surface area (Å²) >= 11 is 0. The highest BCUT2D eigenvalue weighted by Crippen LogP contribution is 2.24. The first-order chi connectivity index (χ1) is 15.0. The van der Waals surface area contributed by atoms with Crippen molar-refractivity contribution >= 4 is 10.9 Å². The zero-order chi connectivity index (χ0) is 21.5. The van der Waals surface area contributed by atoms with Crippen molar-refractivity contribution < 1.29 is 4.52 Å². The highest BCUT2D eigenvalue weighted by molar-refractivity contribution is 5.82. The molecule has 5 aromatic rings. The van der Waals surface area contributed by atoms with Crippen molar-refractivity contribution in [3.63, 3.8) is 0 Å². The molecule has 0 amide bonds. The number of nitrogens with zero attached hydrogens (tertiary/aromatic N) is 3. The Labute approximate surface area is 176 Å². The van der Waals surface area contributed by atoms with E-state index >= 15 is 0 Å². The minimum absolute atomic E-state index is 0.307. The number of fused-ring (bicyclic) bond motifs is 1. The fourth-order valence-electron chi connectivity index (χ4n) is 3.44. The van der Waals surface area contributed by atoms with Crippen LogP contribution in [0.1, 0.15) is 11.1 Å². The summed E-state index contributed by atoms with van der Waals surface area (Å²) in [4.78, 5) is 32.9. The van der Waals surface area contributed by atoms with Gasteiger partial charge in [-0.15, -0.1) is 0 Å². The average Bonchev–Trinajstić information content (AvgIpc) is 3.25. The molecule has 7 nitrogen and oxygen atoms in total. The van der Waals surface area contributed by atoms with Gasteiger partial charge in [-0.25, -0.2) is 9.36 Å². The van der Waals surface area contributed by atoms with Gasteiger partial charge in [-0.1, -0.05) is 52.7 Å². The molecule has 0 bridgehead atoms. The van der Waals surface area contributed by atoms with Crippen LogP contribution in [0.3, 0.4) is 0 Å².